The number of benzene rings is 1. The quantitative estimate of drug-likeness (QED) is 0.834. The van der Waals surface area contributed by atoms with Crippen LogP contribution in [0.25, 0.3) is 0 Å². The van der Waals surface area contributed by atoms with Crippen LogP contribution in [0.1, 0.15) is 18.1 Å². The first-order valence-corrected chi connectivity index (χ1v) is 5.67. The number of fused-ring (bicyclic) bond motifs is 1. The standard InChI is InChI=1S/C13H17N3O/c1-9(13(17)15(2)3)16-8-10-6-4-5-7-11(10)12(16)14/h4-7,9,14H,8H2,1-3H3. The molecular formula is C13H17N3O. The number of carbonyl (C=O) groups excluding carboxylic acids is 1. The zero-order chi connectivity index (χ0) is 12.6. The molecule has 0 aliphatic carbocycles. The van der Waals surface area contributed by atoms with Crippen LogP contribution in [-0.4, -0.2) is 41.7 Å². The number of likely N-dealkylation sites (N-methyl/N-ethyl adjacent to an activating group) is 1. The minimum Gasteiger partial charge on any atom is -0.347 e. The van der Waals surface area contributed by atoms with Crippen molar-refractivity contribution in [1.29, 1.82) is 5.41 Å². The lowest BCUT2D eigenvalue weighted by Crippen LogP contribution is -2.44. The maximum absolute atomic E-state index is 11.9. The van der Waals surface area contributed by atoms with Gasteiger partial charge in [0.05, 0.1) is 0 Å². The lowest BCUT2D eigenvalue weighted by atomic mass is 10.1. The van der Waals surface area contributed by atoms with E-state index in [0.717, 1.165) is 11.1 Å². The second kappa shape index (κ2) is 4.20. The summed E-state index contributed by atoms with van der Waals surface area (Å²) in [5.74, 6) is 0.478. The summed E-state index contributed by atoms with van der Waals surface area (Å²) in [7, 11) is 3.48. The van der Waals surface area contributed by atoms with E-state index < -0.39 is 0 Å². The fourth-order valence-electron chi connectivity index (χ4n) is 2.14. The molecule has 0 radical (unpaired) electrons. The van der Waals surface area contributed by atoms with Gasteiger partial charge in [-0.15, -0.1) is 0 Å². The van der Waals surface area contributed by atoms with Crippen molar-refractivity contribution in [3.05, 3.63) is 35.4 Å². The predicted octanol–water partition coefficient (Wildman–Crippen LogP) is 1.30. The van der Waals surface area contributed by atoms with Gasteiger partial charge in [0.2, 0.25) is 5.91 Å². The van der Waals surface area contributed by atoms with E-state index in [2.05, 4.69) is 0 Å². The van der Waals surface area contributed by atoms with Gasteiger partial charge in [-0.05, 0) is 12.5 Å². The zero-order valence-corrected chi connectivity index (χ0v) is 10.4. The molecule has 4 heteroatoms. The highest BCUT2D eigenvalue weighted by molar-refractivity contribution is 6.02. The molecule has 1 aromatic carbocycles. The van der Waals surface area contributed by atoms with E-state index in [1.807, 2.05) is 36.1 Å². The minimum atomic E-state index is -0.287. The number of amidine groups is 1. The van der Waals surface area contributed by atoms with Crippen molar-refractivity contribution in [3.8, 4) is 0 Å². The second-order valence-electron chi connectivity index (χ2n) is 4.54. The van der Waals surface area contributed by atoms with Gasteiger partial charge in [0.1, 0.15) is 11.9 Å². The number of hydrogen-bond acceptors (Lipinski definition) is 2. The molecule has 0 fully saturated rings. The van der Waals surface area contributed by atoms with E-state index in [1.165, 1.54) is 0 Å². The molecule has 2 rings (SSSR count). The normalized spacial score (nSPS) is 15.7. The van der Waals surface area contributed by atoms with Gasteiger partial charge in [-0.1, -0.05) is 24.3 Å². The third-order valence-electron chi connectivity index (χ3n) is 3.17. The Kier molecular flexibility index (Phi) is 2.88. The number of rotatable bonds is 2. The third-order valence-corrected chi connectivity index (χ3v) is 3.17. The SMILES string of the molecule is CC(C(=O)N(C)C)N1Cc2ccccc2C1=N. The van der Waals surface area contributed by atoms with Crippen LogP contribution in [0.5, 0.6) is 0 Å². The molecule has 17 heavy (non-hydrogen) atoms. The van der Waals surface area contributed by atoms with Crippen molar-refractivity contribution >= 4 is 11.7 Å². The highest BCUT2D eigenvalue weighted by Gasteiger charge is 2.31. The van der Waals surface area contributed by atoms with Crippen molar-refractivity contribution in [3.63, 3.8) is 0 Å². The summed E-state index contributed by atoms with van der Waals surface area (Å²) in [5, 5.41) is 8.11. The van der Waals surface area contributed by atoms with Crippen LogP contribution >= 0.6 is 0 Å². The number of amides is 1. The van der Waals surface area contributed by atoms with Gasteiger partial charge in [0.15, 0.2) is 0 Å². The minimum absolute atomic E-state index is 0.0301. The van der Waals surface area contributed by atoms with Crippen molar-refractivity contribution < 1.29 is 4.79 Å². The molecular weight excluding hydrogens is 214 g/mol. The van der Waals surface area contributed by atoms with E-state index in [0.29, 0.717) is 12.4 Å². The highest BCUT2D eigenvalue weighted by Crippen LogP contribution is 2.24. The first kappa shape index (κ1) is 11.6. The number of nitrogens with one attached hydrogen (secondary N) is 1. The summed E-state index contributed by atoms with van der Waals surface area (Å²) >= 11 is 0. The Balaban J connectivity index is 2.23. The van der Waals surface area contributed by atoms with E-state index in [-0.39, 0.29) is 11.9 Å². The zero-order valence-electron chi connectivity index (χ0n) is 10.4. The summed E-state index contributed by atoms with van der Waals surface area (Å²) in [6.45, 7) is 2.50. The lowest BCUT2D eigenvalue weighted by molar-refractivity contribution is -0.132. The molecule has 0 aromatic heterocycles. The van der Waals surface area contributed by atoms with E-state index in [1.54, 1.807) is 19.0 Å². The van der Waals surface area contributed by atoms with Crippen LogP contribution in [0, 0.1) is 5.41 Å². The molecule has 1 N–H and O–H groups in total. The van der Waals surface area contributed by atoms with Crippen LogP contribution in [0.4, 0.5) is 0 Å². The second-order valence-corrected chi connectivity index (χ2v) is 4.54. The Bertz CT molecular complexity index is 467. The predicted molar refractivity (Wildman–Crippen MR) is 67.0 cm³/mol. The van der Waals surface area contributed by atoms with Gasteiger partial charge < -0.3 is 9.80 Å². The Morgan fingerprint density at radius 3 is 2.65 bits per heavy atom. The van der Waals surface area contributed by atoms with Crippen molar-refractivity contribution in [2.24, 2.45) is 0 Å². The maximum atomic E-state index is 11.9. The molecule has 90 valence electrons. The summed E-state index contributed by atoms with van der Waals surface area (Å²) < 4.78 is 0. The third kappa shape index (κ3) is 1.90. The molecule has 1 aromatic rings. The summed E-state index contributed by atoms with van der Waals surface area (Å²) in [6, 6.07) is 7.55. The van der Waals surface area contributed by atoms with Crippen LogP contribution in [-0.2, 0) is 11.3 Å². The largest absolute Gasteiger partial charge is 0.347 e. The fourth-order valence-corrected chi connectivity index (χ4v) is 2.14. The molecule has 1 atom stereocenters. The van der Waals surface area contributed by atoms with Crippen LogP contribution in [0.2, 0.25) is 0 Å². The van der Waals surface area contributed by atoms with E-state index in [4.69, 9.17) is 5.41 Å². The van der Waals surface area contributed by atoms with Crippen LogP contribution in [0.15, 0.2) is 24.3 Å². The Morgan fingerprint density at radius 2 is 2.06 bits per heavy atom. The van der Waals surface area contributed by atoms with Gasteiger partial charge in [0, 0.05) is 26.2 Å². The van der Waals surface area contributed by atoms with Gasteiger partial charge in [0.25, 0.3) is 0 Å². The highest BCUT2D eigenvalue weighted by atomic mass is 16.2. The molecule has 4 nitrogen and oxygen atoms in total. The fraction of sp³-hybridized carbons (Fsp3) is 0.385. The first-order chi connectivity index (χ1) is 8.02. The first-order valence-electron chi connectivity index (χ1n) is 5.67. The molecule has 1 aliphatic rings. The maximum Gasteiger partial charge on any atom is 0.244 e. The van der Waals surface area contributed by atoms with Gasteiger partial charge in [-0.3, -0.25) is 10.2 Å². The monoisotopic (exact) mass is 231 g/mol. The van der Waals surface area contributed by atoms with Crippen molar-refractivity contribution in [2.75, 3.05) is 14.1 Å². The number of nitrogens with zero attached hydrogens (tertiary/aromatic N) is 2. The summed E-state index contributed by atoms with van der Waals surface area (Å²) in [4.78, 5) is 15.3. The van der Waals surface area contributed by atoms with Gasteiger partial charge >= 0.3 is 0 Å². The molecule has 0 spiro atoms. The summed E-state index contributed by atoms with van der Waals surface area (Å²) in [5.41, 5.74) is 2.06. The lowest BCUT2D eigenvalue weighted by Gasteiger charge is -2.27. The Hall–Kier alpha value is -1.84. The van der Waals surface area contributed by atoms with Crippen LogP contribution in [0.3, 0.4) is 0 Å². The molecule has 0 saturated heterocycles. The number of hydrogen-bond donors (Lipinski definition) is 1. The van der Waals surface area contributed by atoms with Gasteiger partial charge in [-0.25, -0.2) is 0 Å². The average molecular weight is 231 g/mol. The van der Waals surface area contributed by atoms with Crippen molar-refractivity contribution in [2.45, 2.75) is 19.5 Å². The molecule has 1 amide bonds. The Morgan fingerprint density at radius 1 is 1.41 bits per heavy atom. The molecule has 0 bridgehead atoms. The molecule has 1 heterocycles. The average Bonchev–Trinajstić information content (AvgIpc) is 2.65. The van der Waals surface area contributed by atoms with E-state index >= 15 is 0 Å². The smallest absolute Gasteiger partial charge is 0.244 e. The van der Waals surface area contributed by atoms with Crippen LogP contribution < -0.4 is 0 Å². The molecule has 0 saturated carbocycles. The molecule has 1 aliphatic heterocycles. The topological polar surface area (TPSA) is 47.4 Å². The number of carbonyl (C=O) groups is 1. The van der Waals surface area contributed by atoms with Crippen molar-refractivity contribution in [1.82, 2.24) is 9.80 Å². The van der Waals surface area contributed by atoms with E-state index in [9.17, 15) is 4.79 Å². The summed E-state index contributed by atoms with van der Waals surface area (Å²) in [6.07, 6.45) is 0. The Labute approximate surface area is 101 Å². The van der Waals surface area contributed by atoms with Gasteiger partial charge in [-0.2, -0.15) is 0 Å². The molecule has 1 unspecified atom stereocenters.